The topological polar surface area (TPSA) is 50.8 Å². The lowest BCUT2D eigenvalue weighted by atomic mass is 9.93. The molecule has 1 heterocycles. The van der Waals surface area contributed by atoms with Gasteiger partial charge in [0.05, 0.1) is 20.3 Å². The van der Waals surface area contributed by atoms with E-state index in [0.717, 1.165) is 37.9 Å². The molecule has 0 radical (unpaired) electrons. The summed E-state index contributed by atoms with van der Waals surface area (Å²) in [7, 11) is 5.39. The van der Waals surface area contributed by atoms with Gasteiger partial charge in [-0.3, -0.25) is 4.79 Å². The van der Waals surface area contributed by atoms with Crippen LogP contribution in [0.3, 0.4) is 0 Å². The molecule has 1 aliphatic rings. The SMILES string of the molecule is CC[C@H](NC(=O)CC1CCN(C)CC1)c1ccc(OC)c(OC)c1. The second kappa shape index (κ2) is 8.92. The Bertz CT molecular complexity index is 539. The molecule has 1 aromatic rings. The molecule has 0 aliphatic carbocycles. The van der Waals surface area contributed by atoms with Crippen LogP contribution in [-0.2, 0) is 4.79 Å². The number of ether oxygens (including phenoxy) is 2. The van der Waals surface area contributed by atoms with Gasteiger partial charge in [-0.15, -0.1) is 0 Å². The second-order valence-electron chi connectivity index (χ2n) is 6.59. The van der Waals surface area contributed by atoms with Gasteiger partial charge in [-0.25, -0.2) is 0 Å². The monoisotopic (exact) mass is 334 g/mol. The van der Waals surface area contributed by atoms with Crippen molar-refractivity contribution in [3.05, 3.63) is 23.8 Å². The molecule has 0 bridgehead atoms. The van der Waals surface area contributed by atoms with Crippen molar-refractivity contribution in [2.24, 2.45) is 5.92 Å². The number of hydrogen-bond acceptors (Lipinski definition) is 4. The number of piperidine rings is 1. The summed E-state index contributed by atoms with van der Waals surface area (Å²) in [4.78, 5) is 14.8. The fourth-order valence-corrected chi connectivity index (χ4v) is 3.27. The molecule has 1 saturated heterocycles. The highest BCUT2D eigenvalue weighted by atomic mass is 16.5. The average Bonchev–Trinajstić information content (AvgIpc) is 2.61. The number of carbonyl (C=O) groups is 1. The number of hydrogen-bond donors (Lipinski definition) is 1. The Hall–Kier alpha value is -1.75. The molecule has 1 aliphatic heterocycles. The molecule has 5 heteroatoms. The van der Waals surface area contributed by atoms with Crippen LogP contribution in [0.5, 0.6) is 11.5 Å². The first-order valence-electron chi connectivity index (χ1n) is 8.77. The van der Waals surface area contributed by atoms with E-state index in [2.05, 4.69) is 24.2 Å². The van der Waals surface area contributed by atoms with E-state index in [4.69, 9.17) is 9.47 Å². The molecule has 1 fully saturated rings. The highest BCUT2D eigenvalue weighted by Gasteiger charge is 2.21. The predicted molar refractivity (Wildman–Crippen MR) is 95.6 cm³/mol. The fraction of sp³-hybridized carbons (Fsp3) is 0.632. The summed E-state index contributed by atoms with van der Waals surface area (Å²) in [6, 6.07) is 5.83. The molecular formula is C19H30N2O3. The van der Waals surface area contributed by atoms with Gasteiger partial charge < -0.3 is 19.7 Å². The Morgan fingerprint density at radius 1 is 1.25 bits per heavy atom. The van der Waals surface area contributed by atoms with E-state index in [-0.39, 0.29) is 11.9 Å². The Balaban J connectivity index is 1.97. The summed E-state index contributed by atoms with van der Waals surface area (Å²) < 4.78 is 10.6. The number of amides is 1. The molecule has 1 atom stereocenters. The molecule has 5 nitrogen and oxygen atoms in total. The van der Waals surface area contributed by atoms with Crippen LogP contribution >= 0.6 is 0 Å². The molecule has 1 N–H and O–H groups in total. The molecule has 0 spiro atoms. The number of nitrogens with one attached hydrogen (secondary N) is 1. The highest BCUT2D eigenvalue weighted by molar-refractivity contribution is 5.76. The van der Waals surface area contributed by atoms with Gasteiger partial charge >= 0.3 is 0 Å². The van der Waals surface area contributed by atoms with Gasteiger partial charge in [0, 0.05) is 6.42 Å². The standard InChI is InChI=1S/C19H30N2O3/c1-5-16(15-6-7-17(23-3)18(13-15)24-4)20-19(22)12-14-8-10-21(2)11-9-14/h6-7,13-14,16H,5,8-12H2,1-4H3,(H,20,22)/t16-/m0/s1. The summed E-state index contributed by atoms with van der Waals surface area (Å²) in [6.45, 7) is 4.26. The average molecular weight is 334 g/mol. The molecule has 1 amide bonds. The van der Waals surface area contributed by atoms with Crippen LogP contribution in [0.4, 0.5) is 0 Å². The van der Waals surface area contributed by atoms with E-state index in [0.29, 0.717) is 23.8 Å². The molecule has 2 rings (SSSR count). The highest BCUT2D eigenvalue weighted by Crippen LogP contribution is 2.31. The summed E-state index contributed by atoms with van der Waals surface area (Å²) >= 11 is 0. The van der Waals surface area contributed by atoms with Crippen molar-refractivity contribution in [3.63, 3.8) is 0 Å². The van der Waals surface area contributed by atoms with Crippen LogP contribution in [0.1, 0.15) is 44.2 Å². The Labute approximate surface area is 145 Å². The van der Waals surface area contributed by atoms with Crippen LogP contribution in [-0.4, -0.2) is 45.2 Å². The lowest BCUT2D eigenvalue weighted by Gasteiger charge is -2.29. The third kappa shape index (κ3) is 4.87. The van der Waals surface area contributed by atoms with E-state index in [1.807, 2.05) is 18.2 Å². The van der Waals surface area contributed by atoms with Crippen molar-refractivity contribution < 1.29 is 14.3 Å². The van der Waals surface area contributed by atoms with Gasteiger partial charge in [0.2, 0.25) is 5.91 Å². The normalized spacial score (nSPS) is 17.3. The molecule has 0 aromatic heterocycles. The van der Waals surface area contributed by atoms with E-state index in [9.17, 15) is 4.79 Å². The zero-order valence-corrected chi connectivity index (χ0v) is 15.3. The Kier molecular flexibility index (Phi) is 6.91. The maximum absolute atomic E-state index is 12.4. The zero-order valence-electron chi connectivity index (χ0n) is 15.3. The predicted octanol–water partition coefficient (Wildman–Crippen LogP) is 3.00. The minimum Gasteiger partial charge on any atom is -0.493 e. The first kappa shape index (κ1) is 18.6. The van der Waals surface area contributed by atoms with Crippen molar-refractivity contribution in [2.45, 2.75) is 38.6 Å². The molecule has 0 unspecified atom stereocenters. The minimum atomic E-state index is 0.00331. The molecule has 134 valence electrons. The third-order valence-corrected chi connectivity index (χ3v) is 4.87. The lowest BCUT2D eigenvalue weighted by Crippen LogP contribution is -2.34. The number of likely N-dealkylation sites (tertiary alicyclic amines) is 1. The summed E-state index contributed by atoms with van der Waals surface area (Å²) in [6.07, 6.45) is 3.68. The van der Waals surface area contributed by atoms with Gasteiger partial charge in [-0.05, 0) is 63.0 Å². The van der Waals surface area contributed by atoms with E-state index in [1.165, 1.54) is 0 Å². The second-order valence-corrected chi connectivity index (χ2v) is 6.59. The van der Waals surface area contributed by atoms with Crippen LogP contribution in [0, 0.1) is 5.92 Å². The summed E-state index contributed by atoms with van der Waals surface area (Å²) in [5, 5.41) is 3.18. The fourth-order valence-electron chi connectivity index (χ4n) is 3.27. The zero-order chi connectivity index (χ0) is 17.5. The van der Waals surface area contributed by atoms with Crippen LogP contribution in [0.25, 0.3) is 0 Å². The summed E-state index contributed by atoms with van der Waals surface area (Å²) in [5.74, 6) is 2.04. The lowest BCUT2D eigenvalue weighted by molar-refractivity contribution is -0.123. The molecular weight excluding hydrogens is 304 g/mol. The van der Waals surface area contributed by atoms with Gasteiger partial charge in [0.1, 0.15) is 0 Å². The Morgan fingerprint density at radius 3 is 2.50 bits per heavy atom. The van der Waals surface area contributed by atoms with Crippen molar-refractivity contribution in [3.8, 4) is 11.5 Å². The van der Waals surface area contributed by atoms with Crippen LogP contribution in [0.15, 0.2) is 18.2 Å². The number of methoxy groups -OCH3 is 2. The van der Waals surface area contributed by atoms with E-state index >= 15 is 0 Å². The number of carbonyl (C=O) groups excluding carboxylic acids is 1. The first-order valence-corrected chi connectivity index (χ1v) is 8.77. The number of benzene rings is 1. The van der Waals surface area contributed by atoms with Crippen molar-refractivity contribution in [2.75, 3.05) is 34.4 Å². The van der Waals surface area contributed by atoms with Crippen molar-refractivity contribution in [1.82, 2.24) is 10.2 Å². The minimum absolute atomic E-state index is 0.00331. The maximum Gasteiger partial charge on any atom is 0.220 e. The molecule has 24 heavy (non-hydrogen) atoms. The van der Waals surface area contributed by atoms with Gasteiger partial charge in [-0.2, -0.15) is 0 Å². The van der Waals surface area contributed by atoms with Crippen LogP contribution < -0.4 is 14.8 Å². The largest absolute Gasteiger partial charge is 0.493 e. The van der Waals surface area contributed by atoms with Gasteiger partial charge in [0.15, 0.2) is 11.5 Å². The molecule has 1 aromatic carbocycles. The van der Waals surface area contributed by atoms with Gasteiger partial charge in [0.25, 0.3) is 0 Å². The maximum atomic E-state index is 12.4. The third-order valence-electron chi connectivity index (χ3n) is 4.87. The van der Waals surface area contributed by atoms with Crippen molar-refractivity contribution >= 4 is 5.91 Å². The Morgan fingerprint density at radius 2 is 1.92 bits per heavy atom. The quantitative estimate of drug-likeness (QED) is 0.833. The van der Waals surface area contributed by atoms with Crippen LogP contribution in [0.2, 0.25) is 0 Å². The number of nitrogens with zero attached hydrogens (tertiary/aromatic N) is 1. The van der Waals surface area contributed by atoms with Gasteiger partial charge in [-0.1, -0.05) is 13.0 Å². The van der Waals surface area contributed by atoms with Crippen molar-refractivity contribution in [1.29, 1.82) is 0 Å². The number of rotatable bonds is 7. The first-order chi connectivity index (χ1) is 11.6. The van der Waals surface area contributed by atoms with E-state index < -0.39 is 0 Å². The van der Waals surface area contributed by atoms with E-state index in [1.54, 1.807) is 14.2 Å². The molecule has 0 saturated carbocycles. The summed E-state index contributed by atoms with van der Waals surface area (Å²) in [5.41, 5.74) is 1.05. The smallest absolute Gasteiger partial charge is 0.220 e.